The summed E-state index contributed by atoms with van der Waals surface area (Å²) < 4.78 is 32.3. The first-order chi connectivity index (χ1) is 13.0. The molecule has 7 heteroatoms. The van der Waals surface area contributed by atoms with Gasteiger partial charge in [0, 0.05) is 18.8 Å². The number of rotatable bonds is 7. The van der Waals surface area contributed by atoms with Crippen LogP contribution in [0.4, 0.5) is 5.69 Å². The summed E-state index contributed by atoms with van der Waals surface area (Å²) in [5, 5.41) is 2.79. The molecule has 1 aliphatic heterocycles. The third kappa shape index (κ3) is 4.67. The molecule has 0 aliphatic carbocycles. The van der Waals surface area contributed by atoms with E-state index in [1.807, 2.05) is 25.1 Å². The normalized spacial score (nSPS) is 16.0. The highest BCUT2D eigenvalue weighted by Crippen LogP contribution is 2.22. The fraction of sp³-hybridized carbons (Fsp3) is 0.350. The zero-order valence-electron chi connectivity index (χ0n) is 15.3. The number of amides is 1. The third-order valence-corrected chi connectivity index (χ3v) is 6.42. The fourth-order valence-corrected chi connectivity index (χ4v) is 4.51. The Bertz CT molecular complexity index is 861. The van der Waals surface area contributed by atoms with E-state index >= 15 is 0 Å². The Morgan fingerprint density at radius 3 is 2.30 bits per heavy atom. The van der Waals surface area contributed by atoms with Crippen molar-refractivity contribution in [2.45, 2.75) is 37.2 Å². The predicted molar refractivity (Wildman–Crippen MR) is 104 cm³/mol. The van der Waals surface area contributed by atoms with Crippen LogP contribution >= 0.6 is 0 Å². The number of carbonyl (C=O) groups excluding carboxylic acids is 1. The van der Waals surface area contributed by atoms with Gasteiger partial charge in [-0.2, -0.15) is 4.31 Å². The maximum Gasteiger partial charge on any atom is 0.265 e. The molecule has 27 heavy (non-hydrogen) atoms. The minimum absolute atomic E-state index is 0.245. The van der Waals surface area contributed by atoms with Crippen LogP contribution in [0.2, 0.25) is 0 Å². The summed E-state index contributed by atoms with van der Waals surface area (Å²) in [6.45, 7) is 3.00. The molecule has 0 aromatic heterocycles. The van der Waals surface area contributed by atoms with Gasteiger partial charge in [-0.1, -0.05) is 25.1 Å². The first-order valence-corrected chi connectivity index (χ1v) is 10.6. The molecule has 3 rings (SSSR count). The first kappa shape index (κ1) is 19.4. The summed E-state index contributed by atoms with van der Waals surface area (Å²) in [5.74, 6) is 0.364. The lowest BCUT2D eigenvalue weighted by molar-refractivity contribution is -0.122. The molecule has 0 radical (unpaired) electrons. The number of nitrogens with one attached hydrogen (secondary N) is 1. The van der Waals surface area contributed by atoms with E-state index in [9.17, 15) is 13.2 Å². The second-order valence-corrected chi connectivity index (χ2v) is 8.39. The van der Waals surface area contributed by atoms with Crippen LogP contribution in [-0.2, 0) is 14.8 Å². The van der Waals surface area contributed by atoms with Crippen LogP contribution in [0.3, 0.4) is 0 Å². The van der Waals surface area contributed by atoms with E-state index in [0.29, 0.717) is 30.9 Å². The number of anilines is 1. The monoisotopic (exact) mass is 388 g/mol. The Balaban J connectivity index is 1.65. The van der Waals surface area contributed by atoms with Crippen molar-refractivity contribution in [3.05, 3.63) is 54.6 Å². The van der Waals surface area contributed by atoms with Gasteiger partial charge in [0.1, 0.15) is 5.75 Å². The number of hydrogen-bond donors (Lipinski definition) is 1. The zero-order valence-corrected chi connectivity index (χ0v) is 16.1. The van der Waals surface area contributed by atoms with Crippen LogP contribution in [0.5, 0.6) is 5.75 Å². The molecular weight excluding hydrogens is 364 g/mol. The van der Waals surface area contributed by atoms with Crippen molar-refractivity contribution in [2.75, 3.05) is 18.4 Å². The first-order valence-electron chi connectivity index (χ1n) is 9.13. The summed E-state index contributed by atoms with van der Waals surface area (Å²) >= 11 is 0. The number of nitrogens with zero attached hydrogens (tertiary/aromatic N) is 1. The van der Waals surface area contributed by atoms with Crippen LogP contribution in [-0.4, -0.2) is 37.8 Å². The summed E-state index contributed by atoms with van der Waals surface area (Å²) in [6.07, 6.45) is 1.68. The van der Waals surface area contributed by atoms with Crippen molar-refractivity contribution in [3.63, 3.8) is 0 Å². The van der Waals surface area contributed by atoms with E-state index in [1.165, 1.54) is 16.4 Å². The Morgan fingerprint density at radius 1 is 1.07 bits per heavy atom. The van der Waals surface area contributed by atoms with E-state index in [1.54, 1.807) is 24.3 Å². The number of hydrogen-bond acceptors (Lipinski definition) is 4. The molecule has 1 N–H and O–H groups in total. The van der Waals surface area contributed by atoms with Crippen LogP contribution in [0.25, 0.3) is 0 Å². The summed E-state index contributed by atoms with van der Waals surface area (Å²) in [6, 6.07) is 15.4. The number of benzene rings is 2. The fourth-order valence-electron chi connectivity index (χ4n) is 3.00. The molecular formula is C20H24N2O4S. The van der Waals surface area contributed by atoms with Crippen LogP contribution in [0, 0.1) is 0 Å². The van der Waals surface area contributed by atoms with Gasteiger partial charge in [0.25, 0.3) is 5.91 Å². The van der Waals surface area contributed by atoms with Crippen LogP contribution in [0.15, 0.2) is 59.5 Å². The van der Waals surface area contributed by atoms with Crippen molar-refractivity contribution in [1.82, 2.24) is 4.31 Å². The van der Waals surface area contributed by atoms with E-state index in [0.717, 1.165) is 12.8 Å². The maximum atomic E-state index is 12.5. The zero-order chi connectivity index (χ0) is 19.3. The molecule has 144 valence electrons. The Morgan fingerprint density at radius 2 is 1.70 bits per heavy atom. The molecule has 1 heterocycles. The second-order valence-electron chi connectivity index (χ2n) is 6.45. The summed E-state index contributed by atoms with van der Waals surface area (Å²) in [5.41, 5.74) is 0.537. The molecule has 1 saturated heterocycles. The van der Waals surface area contributed by atoms with Gasteiger partial charge in [-0.3, -0.25) is 4.79 Å². The minimum atomic E-state index is -3.45. The molecule has 1 aliphatic rings. The maximum absolute atomic E-state index is 12.5. The Kier molecular flexibility index (Phi) is 6.13. The third-order valence-electron chi connectivity index (χ3n) is 4.51. The quantitative estimate of drug-likeness (QED) is 0.790. The number of ether oxygens (including phenoxy) is 1. The van der Waals surface area contributed by atoms with E-state index in [2.05, 4.69) is 5.32 Å². The molecule has 2 aromatic carbocycles. The standard InChI is InChI=1S/C20H24N2O4S/c1-2-19(26-17-8-4-3-5-9-17)20(23)21-16-10-12-18(13-11-16)27(24,25)22-14-6-7-15-22/h3-5,8-13,19H,2,6-7,14-15H2,1H3,(H,21,23). The lowest BCUT2D eigenvalue weighted by Crippen LogP contribution is -2.32. The topological polar surface area (TPSA) is 75.7 Å². The van der Waals surface area contributed by atoms with Gasteiger partial charge >= 0.3 is 0 Å². The number of carbonyl (C=O) groups is 1. The van der Waals surface area contributed by atoms with E-state index in [4.69, 9.17) is 4.74 Å². The summed E-state index contributed by atoms with van der Waals surface area (Å²) in [4.78, 5) is 12.7. The highest BCUT2D eigenvalue weighted by molar-refractivity contribution is 7.89. The minimum Gasteiger partial charge on any atom is -0.481 e. The second kappa shape index (κ2) is 8.54. The lowest BCUT2D eigenvalue weighted by atomic mass is 10.2. The van der Waals surface area contributed by atoms with Crippen LogP contribution in [0.1, 0.15) is 26.2 Å². The highest BCUT2D eigenvalue weighted by Gasteiger charge is 2.27. The van der Waals surface area contributed by atoms with Gasteiger partial charge < -0.3 is 10.1 Å². The number of para-hydroxylation sites is 1. The summed E-state index contributed by atoms with van der Waals surface area (Å²) in [7, 11) is -3.45. The van der Waals surface area contributed by atoms with Gasteiger partial charge in [-0.25, -0.2) is 8.42 Å². The van der Waals surface area contributed by atoms with Gasteiger partial charge in [0.15, 0.2) is 6.10 Å². The molecule has 1 unspecified atom stereocenters. The average Bonchev–Trinajstić information content (AvgIpc) is 3.23. The highest BCUT2D eigenvalue weighted by atomic mass is 32.2. The molecule has 0 bridgehead atoms. The molecule has 0 saturated carbocycles. The Labute approximate surface area is 160 Å². The van der Waals surface area contributed by atoms with Crippen molar-refractivity contribution in [1.29, 1.82) is 0 Å². The van der Waals surface area contributed by atoms with Crippen molar-refractivity contribution >= 4 is 21.6 Å². The molecule has 1 atom stereocenters. The molecule has 0 spiro atoms. The predicted octanol–water partition coefficient (Wildman–Crippen LogP) is 3.27. The van der Waals surface area contributed by atoms with Gasteiger partial charge in [-0.05, 0) is 55.7 Å². The molecule has 2 aromatic rings. The van der Waals surface area contributed by atoms with Gasteiger partial charge in [-0.15, -0.1) is 0 Å². The van der Waals surface area contributed by atoms with Gasteiger partial charge in [0.2, 0.25) is 10.0 Å². The van der Waals surface area contributed by atoms with Crippen molar-refractivity contribution < 1.29 is 17.9 Å². The van der Waals surface area contributed by atoms with Gasteiger partial charge in [0.05, 0.1) is 4.90 Å². The largest absolute Gasteiger partial charge is 0.481 e. The van der Waals surface area contributed by atoms with E-state index in [-0.39, 0.29) is 10.8 Å². The van der Waals surface area contributed by atoms with Crippen molar-refractivity contribution in [2.24, 2.45) is 0 Å². The van der Waals surface area contributed by atoms with E-state index < -0.39 is 16.1 Å². The van der Waals surface area contributed by atoms with Crippen LogP contribution < -0.4 is 10.1 Å². The molecule has 1 amide bonds. The number of sulfonamides is 1. The molecule has 1 fully saturated rings. The SMILES string of the molecule is CCC(Oc1ccccc1)C(=O)Nc1ccc(S(=O)(=O)N2CCCC2)cc1. The smallest absolute Gasteiger partial charge is 0.265 e. The Hall–Kier alpha value is -2.38. The average molecular weight is 388 g/mol. The van der Waals surface area contributed by atoms with Crippen molar-refractivity contribution in [3.8, 4) is 5.75 Å². The lowest BCUT2D eigenvalue weighted by Gasteiger charge is -2.18. The molecule has 6 nitrogen and oxygen atoms in total.